The summed E-state index contributed by atoms with van der Waals surface area (Å²) >= 11 is 18.4. The van der Waals surface area contributed by atoms with Crippen molar-refractivity contribution in [1.82, 2.24) is 5.32 Å². The van der Waals surface area contributed by atoms with E-state index in [4.69, 9.17) is 34.8 Å². The summed E-state index contributed by atoms with van der Waals surface area (Å²) in [7, 11) is 0. The zero-order chi connectivity index (χ0) is 14.7. The van der Waals surface area contributed by atoms with Crippen LogP contribution in [0.5, 0.6) is 0 Å². The molecular weight excluding hydrogens is 313 g/mol. The third-order valence-corrected chi connectivity index (χ3v) is 5.75. The van der Waals surface area contributed by atoms with Gasteiger partial charge in [-0.15, -0.1) is 0 Å². The Kier molecular flexibility index (Phi) is 6.04. The summed E-state index contributed by atoms with van der Waals surface area (Å²) in [6.45, 7) is 4.42. The van der Waals surface area contributed by atoms with Crippen LogP contribution in [-0.2, 0) is 0 Å². The summed E-state index contributed by atoms with van der Waals surface area (Å²) in [5.74, 6) is 0.914. The zero-order valence-electron chi connectivity index (χ0n) is 12.1. The van der Waals surface area contributed by atoms with E-state index in [2.05, 4.69) is 19.2 Å². The first-order valence-corrected chi connectivity index (χ1v) is 8.55. The number of halogens is 3. The van der Waals surface area contributed by atoms with E-state index in [0.29, 0.717) is 21.1 Å². The lowest BCUT2D eigenvalue weighted by Crippen LogP contribution is -2.35. The third-order valence-electron chi connectivity index (χ3n) is 4.44. The van der Waals surface area contributed by atoms with Crippen LogP contribution >= 0.6 is 34.8 Å². The molecule has 0 saturated heterocycles. The summed E-state index contributed by atoms with van der Waals surface area (Å²) in [5.41, 5.74) is 1.03. The highest BCUT2D eigenvalue weighted by Crippen LogP contribution is 2.36. The molecule has 0 spiro atoms. The molecule has 1 aliphatic carbocycles. The minimum atomic E-state index is 0.195. The maximum absolute atomic E-state index is 6.30. The van der Waals surface area contributed by atoms with Gasteiger partial charge in [0.25, 0.3) is 0 Å². The number of benzene rings is 1. The molecule has 1 aliphatic rings. The second-order valence-corrected chi connectivity index (χ2v) is 6.94. The van der Waals surface area contributed by atoms with Crippen LogP contribution in [0.3, 0.4) is 0 Å². The van der Waals surface area contributed by atoms with E-state index < -0.39 is 0 Å². The number of nitrogens with one attached hydrogen (secondary N) is 1. The quantitative estimate of drug-likeness (QED) is 0.640. The van der Waals surface area contributed by atoms with Crippen LogP contribution in [0.25, 0.3) is 0 Å². The molecule has 2 rings (SSSR count). The highest BCUT2D eigenvalue weighted by Gasteiger charge is 2.22. The van der Waals surface area contributed by atoms with E-state index in [9.17, 15) is 0 Å². The summed E-state index contributed by atoms with van der Waals surface area (Å²) < 4.78 is 0. The fraction of sp³-hybridized carbons (Fsp3) is 0.625. The van der Waals surface area contributed by atoms with Crippen LogP contribution < -0.4 is 5.32 Å². The number of rotatable bonds is 4. The van der Waals surface area contributed by atoms with Crippen LogP contribution in [0.2, 0.25) is 15.1 Å². The van der Waals surface area contributed by atoms with E-state index >= 15 is 0 Å². The van der Waals surface area contributed by atoms with Gasteiger partial charge in [0.05, 0.1) is 15.1 Å². The maximum Gasteiger partial charge on any atom is 0.0781 e. The SMILES string of the molecule is CCC1CCC(NC(C)c2ccc(Cl)c(Cl)c2Cl)CC1. The Bertz CT molecular complexity index is 453. The van der Waals surface area contributed by atoms with Crippen LogP contribution in [-0.4, -0.2) is 6.04 Å². The van der Waals surface area contributed by atoms with Gasteiger partial charge in [0, 0.05) is 12.1 Å². The molecule has 0 amide bonds. The first-order valence-electron chi connectivity index (χ1n) is 7.42. The number of hydrogen-bond donors (Lipinski definition) is 1. The normalized spacial score (nSPS) is 24.6. The minimum absolute atomic E-state index is 0.195. The highest BCUT2D eigenvalue weighted by atomic mass is 35.5. The summed E-state index contributed by atoms with van der Waals surface area (Å²) in [6, 6.07) is 4.56. The molecule has 1 unspecified atom stereocenters. The predicted molar refractivity (Wildman–Crippen MR) is 89.1 cm³/mol. The van der Waals surface area contributed by atoms with Crippen LogP contribution in [0.15, 0.2) is 12.1 Å². The highest BCUT2D eigenvalue weighted by molar-refractivity contribution is 6.48. The second kappa shape index (κ2) is 7.35. The summed E-state index contributed by atoms with van der Waals surface area (Å²) in [6.07, 6.45) is 6.47. The lowest BCUT2D eigenvalue weighted by molar-refractivity contribution is 0.273. The zero-order valence-corrected chi connectivity index (χ0v) is 14.3. The summed E-state index contributed by atoms with van der Waals surface area (Å²) in [4.78, 5) is 0. The van der Waals surface area contributed by atoms with Gasteiger partial charge in [0.1, 0.15) is 0 Å². The molecule has 0 radical (unpaired) electrons. The van der Waals surface area contributed by atoms with Crippen LogP contribution in [0.4, 0.5) is 0 Å². The molecule has 20 heavy (non-hydrogen) atoms. The lowest BCUT2D eigenvalue weighted by atomic mass is 9.84. The minimum Gasteiger partial charge on any atom is -0.307 e. The number of hydrogen-bond acceptors (Lipinski definition) is 1. The standard InChI is InChI=1S/C16H22Cl3N/c1-3-11-4-6-12(7-5-11)20-10(2)13-8-9-14(17)16(19)15(13)18/h8-12,20H,3-7H2,1-2H3. The molecule has 4 heteroatoms. The fourth-order valence-corrected chi connectivity index (χ4v) is 3.76. The Morgan fingerprint density at radius 2 is 1.75 bits per heavy atom. The van der Waals surface area contributed by atoms with E-state index in [0.717, 1.165) is 11.5 Å². The topological polar surface area (TPSA) is 12.0 Å². The van der Waals surface area contributed by atoms with Gasteiger partial charge in [0.2, 0.25) is 0 Å². The van der Waals surface area contributed by atoms with Gasteiger partial charge in [0.15, 0.2) is 0 Å². The van der Waals surface area contributed by atoms with Gasteiger partial charge in [-0.3, -0.25) is 0 Å². The Balaban J connectivity index is 1.99. The Hall–Kier alpha value is 0.0500. The smallest absolute Gasteiger partial charge is 0.0781 e. The monoisotopic (exact) mass is 333 g/mol. The molecule has 1 aromatic rings. The van der Waals surface area contributed by atoms with Crippen molar-refractivity contribution in [2.75, 3.05) is 0 Å². The van der Waals surface area contributed by atoms with E-state index in [1.54, 1.807) is 0 Å². The molecule has 0 aromatic heterocycles. The summed E-state index contributed by atoms with van der Waals surface area (Å²) in [5, 5.41) is 5.22. The van der Waals surface area contributed by atoms with E-state index in [-0.39, 0.29) is 6.04 Å². The molecule has 0 heterocycles. The first kappa shape index (κ1) is 16.4. The van der Waals surface area contributed by atoms with Crippen molar-refractivity contribution in [3.8, 4) is 0 Å². The van der Waals surface area contributed by atoms with Crippen molar-refractivity contribution in [2.45, 2.75) is 58.0 Å². The van der Waals surface area contributed by atoms with Crippen molar-refractivity contribution < 1.29 is 0 Å². The van der Waals surface area contributed by atoms with Gasteiger partial charge in [-0.25, -0.2) is 0 Å². The molecule has 1 N–H and O–H groups in total. The Morgan fingerprint density at radius 3 is 2.35 bits per heavy atom. The molecule has 1 aromatic carbocycles. The third kappa shape index (κ3) is 3.82. The second-order valence-electron chi connectivity index (χ2n) is 5.78. The van der Waals surface area contributed by atoms with Gasteiger partial charge in [-0.1, -0.05) is 54.2 Å². The van der Waals surface area contributed by atoms with Crippen molar-refractivity contribution in [1.29, 1.82) is 0 Å². The fourth-order valence-electron chi connectivity index (χ4n) is 3.06. The van der Waals surface area contributed by atoms with E-state index in [1.807, 2.05) is 12.1 Å². The molecule has 0 aliphatic heterocycles. The van der Waals surface area contributed by atoms with Crippen molar-refractivity contribution in [3.63, 3.8) is 0 Å². The molecule has 1 fully saturated rings. The van der Waals surface area contributed by atoms with Crippen molar-refractivity contribution in [3.05, 3.63) is 32.8 Å². The largest absolute Gasteiger partial charge is 0.307 e. The lowest BCUT2D eigenvalue weighted by Gasteiger charge is -2.31. The predicted octanol–water partition coefficient (Wildman–Crippen LogP) is 6.27. The van der Waals surface area contributed by atoms with Gasteiger partial charge < -0.3 is 5.32 Å². The van der Waals surface area contributed by atoms with Gasteiger partial charge in [-0.05, 0) is 50.2 Å². The molecule has 112 valence electrons. The Labute approximate surface area is 137 Å². The maximum atomic E-state index is 6.30. The average molecular weight is 335 g/mol. The van der Waals surface area contributed by atoms with Crippen molar-refractivity contribution >= 4 is 34.8 Å². The van der Waals surface area contributed by atoms with Crippen molar-refractivity contribution in [2.24, 2.45) is 5.92 Å². The molecule has 0 bridgehead atoms. The van der Waals surface area contributed by atoms with Gasteiger partial charge in [-0.2, -0.15) is 0 Å². The first-order chi connectivity index (χ1) is 9.52. The molecular formula is C16H22Cl3N. The van der Waals surface area contributed by atoms with Gasteiger partial charge >= 0.3 is 0 Å². The molecule has 1 saturated carbocycles. The molecule has 1 nitrogen and oxygen atoms in total. The Morgan fingerprint density at radius 1 is 1.10 bits per heavy atom. The van der Waals surface area contributed by atoms with Crippen LogP contribution in [0.1, 0.15) is 57.6 Å². The molecule has 1 atom stereocenters. The van der Waals surface area contributed by atoms with Crippen LogP contribution in [0, 0.1) is 5.92 Å². The van der Waals surface area contributed by atoms with E-state index in [1.165, 1.54) is 32.1 Å². The average Bonchev–Trinajstić information content (AvgIpc) is 2.45.